The first-order valence-electron chi connectivity index (χ1n) is 9.49. The van der Waals surface area contributed by atoms with Gasteiger partial charge < -0.3 is 10.1 Å². The maximum atomic E-state index is 12.7. The van der Waals surface area contributed by atoms with Crippen LogP contribution in [-0.2, 0) is 16.1 Å². The first-order valence-corrected chi connectivity index (χ1v) is 11.6. The minimum Gasteiger partial charge on any atom is -0.458 e. The molecule has 3 aromatic rings. The number of carbonyl (C=O) groups is 2. The maximum absolute atomic E-state index is 12.7. The summed E-state index contributed by atoms with van der Waals surface area (Å²) < 4.78 is 7.14. The van der Waals surface area contributed by atoms with E-state index in [1.165, 1.54) is 12.1 Å². The third-order valence-corrected chi connectivity index (χ3v) is 5.60. The van der Waals surface area contributed by atoms with Gasteiger partial charge in [-0.2, -0.15) is 16.9 Å². The van der Waals surface area contributed by atoms with Crippen LogP contribution in [0.15, 0.2) is 60.8 Å². The molecule has 2 aromatic carbocycles. The van der Waals surface area contributed by atoms with Crippen molar-refractivity contribution < 1.29 is 14.3 Å². The van der Waals surface area contributed by atoms with E-state index < -0.39 is 17.9 Å². The lowest BCUT2D eigenvalue weighted by atomic mass is 10.1. The number of carbonyl (C=O) groups excluding carboxylic acids is 2. The van der Waals surface area contributed by atoms with E-state index in [4.69, 9.17) is 27.9 Å². The number of aromatic nitrogens is 2. The van der Waals surface area contributed by atoms with Crippen LogP contribution in [0.2, 0.25) is 10.0 Å². The van der Waals surface area contributed by atoms with Crippen LogP contribution in [0.5, 0.6) is 0 Å². The molecule has 0 saturated heterocycles. The molecule has 1 atom stereocenters. The predicted molar refractivity (Wildman–Crippen MR) is 124 cm³/mol. The average Bonchev–Trinajstić information content (AvgIpc) is 3.24. The number of thioether (sulfide) groups is 1. The Morgan fingerprint density at radius 2 is 1.94 bits per heavy atom. The van der Waals surface area contributed by atoms with Crippen molar-refractivity contribution in [3.05, 3.63) is 82.1 Å². The monoisotopic (exact) mass is 477 g/mol. The van der Waals surface area contributed by atoms with Gasteiger partial charge in [-0.1, -0.05) is 41.4 Å². The molecule has 162 valence electrons. The Morgan fingerprint density at radius 3 is 2.65 bits per heavy atom. The smallest absolute Gasteiger partial charge is 0.329 e. The summed E-state index contributed by atoms with van der Waals surface area (Å²) in [4.78, 5) is 25.3. The van der Waals surface area contributed by atoms with E-state index >= 15 is 0 Å². The van der Waals surface area contributed by atoms with Crippen LogP contribution in [-0.4, -0.2) is 39.7 Å². The molecule has 0 radical (unpaired) electrons. The third-order valence-electron chi connectivity index (χ3n) is 4.40. The largest absolute Gasteiger partial charge is 0.458 e. The van der Waals surface area contributed by atoms with Gasteiger partial charge in [-0.3, -0.25) is 4.79 Å². The lowest BCUT2D eigenvalue weighted by molar-refractivity contribution is -0.147. The van der Waals surface area contributed by atoms with E-state index in [9.17, 15) is 9.59 Å². The lowest BCUT2D eigenvalue weighted by Gasteiger charge is -2.17. The molecule has 31 heavy (non-hydrogen) atoms. The molecule has 1 amide bonds. The molecule has 0 aliphatic heterocycles. The zero-order valence-corrected chi connectivity index (χ0v) is 19.1. The summed E-state index contributed by atoms with van der Waals surface area (Å²) in [6, 6.07) is 15.2. The number of amides is 1. The Balaban J connectivity index is 1.63. The van der Waals surface area contributed by atoms with Crippen LogP contribution in [0.1, 0.15) is 22.5 Å². The van der Waals surface area contributed by atoms with Gasteiger partial charge in [0.05, 0.1) is 16.3 Å². The first-order chi connectivity index (χ1) is 15.0. The molecule has 1 unspecified atom stereocenters. The molecule has 0 aliphatic rings. The van der Waals surface area contributed by atoms with Crippen molar-refractivity contribution in [3.8, 4) is 5.69 Å². The Morgan fingerprint density at radius 1 is 1.16 bits per heavy atom. The minimum atomic E-state index is -0.803. The molecule has 0 saturated carbocycles. The molecule has 1 heterocycles. The van der Waals surface area contributed by atoms with Gasteiger partial charge in [-0.15, -0.1) is 0 Å². The van der Waals surface area contributed by atoms with Crippen LogP contribution >= 0.6 is 35.0 Å². The van der Waals surface area contributed by atoms with Crippen LogP contribution < -0.4 is 5.32 Å². The lowest BCUT2D eigenvalue weighted by Crippen LogP contribution is -2.42. The molecule has 0 spiro atoms. The van der Waals surface area contributed by atoms with E-state index in [-0.39, 0.29) is 17.2 Å². The van der Waals surface area contributed by atoms with E-state index in [1.807, 2.05) is 36.6 Å². The molecular weight excluding hydrogens is 457 g/mol. The highest BCUT2D eigenvalue weighted by molar-refractivity contribution is 7.98. The van der Waals surface area contributed by atoms with Crippen molar-refractivity contribution in [1.82, 2.24) is 15.1 Å². The summed E-state index contributed by atoms with van der Waals surface area (Å²) in [5.74, 6) is -0.309. The Labute approximate surface area is 194 Å². The highest BCUT2D eigenvalue weighted by Crippen LogP contribution is 2.21. The van der Waals surface area contributed by atoms with E-state index in [0.717, 1.165) is 5.69 Å². The average molecular weight is 478 g/mol. The van der Waals surface area contributed by atoms with Gasteiger partial charge in [0.25, 0.3) is 5.91 Å². The van der Waals surface area contributed by atoms with Crippen LogP contribution in [0.4, 0.5) is 0 Å². The van der Waals surface area contributed by atoms with Crippen LogP contribution in [0, 0.1) is 0 Å². The zero-order chi connectivity index (χ0) is 22.2. The quantitative estimate of drug-likeness (QED) is 0.449. The van der Waals surface area contributed by atoms with Crippen molar-refractivity contribution in [1.29, 1.82) is 0 Å². The molecule has 3 rings (SSSR count). The fraction of sp³-hybridized carbons (Fsp3) is 0.227. The summed E-state index contributed by atoms with van der Waals surface area (Å²) in [6.45, 7) is 0.00596. The van der Waals surface area contributed by atoms with Gasteiger partial charge in [0, 0.05) is 11.2 Å². The van der Waals surface area contributed by atoms with Gasteiger partial charge in [0.2, 0.25) is 0 Å². The number of hydrogen-bond acceptors (Lipinski definition) is 5. The Bertz CT molecular complexity index is 1040. The Kier molecular flexibility index (Phi) is 8.40. The number of nitrogens with zero attached hydrogens (tertiary/aromatic N) is 2. The maximum Gasteiger partial charge on any atom is 0.329 e. The van der Waals surface area contributed by atoms with Crippen molar-refractivity contribution in [3.63, 3.8) is 0 Å². The summed E-state index contributed by atoms with van der Waals surface area (Å²) in [5.41, 5.74) is 1.76. The zero-order valence-electron chi connectivity index (χ0n) is 16.8. The second kappa shape index (κ2) is 11.2. The summed E-state index contributed by atoms with van der Waals surface area (Å²) in [5, 5.41) is 7.78. The second-order valence-corrected chi connectivity index (χ2v) is 8.46. The number of ether oxygens (including phenoxy) is 1. The molecule has 0 aliphatic carbocycles. The first kappa shape index (κ1) is 23.2. The van der Waals surface area contributed by atoms with Gasteiger partial charge in [0.15, 0.2) is 0 Å². The van der Waals surface area contributed by atoms with Gasteiger partial charge in [0.1, 0.15) is 18.3 Å². The molecule has 0 bridgehead atoms. The molecule has 9 heteroatoms. The van der Waals surface area contributed by atoms with Crippen molar-refractivity contribution in [2.45, 2.75) is 19.1 Å². The summed E-state index contributed by atoms with van der Waals surface area (Å²) in [6.07, 6.45) is 4.15. The minimum absolute atomic E-state index is 0.00596. The topological polar surface area (TPSA) is 73.2 Å². The number of esters is 1. The van der Waals surface area contributed by atoms with E-state index in [1.54, 1.807) is 34.8 Å². The molecule has 6 nitrogen and oxygen atoms in total. The van der Waals surface area contributed by atoms with E-state index in [2.05, 4.69) is 10.4 Å². The molecular formula is C22H21Cl2N3O3S. The fourth-order valence-corrected chi connectivity index (χ4v) is 3.77. The van der Waals surface area contributed by atoms with Gasteiger partial charge in [-0.05, 0) is 54.8 Å². The molecule has 1 N–H and O–H groups in total. The summed E-state index contributed by atoms with van der Waals surface area (Å²) >= 11 is 13.6. The normalized spacial score (nSPS) is 11.7. The second-order valence-electron chi connectivity index (χ2n) is 6.63. The fourth-order valence-electron chi connectivity index (χ4n) is 2.80. The predicted octanol–water partition coefficient (Wildman–Crippen LogP) is 4.77. The standard InChI is InChI=1S/C22H21Cl2N3O3S/c1-31-12-10-20(25-21(28)18-8-7-15(23)13-19(18)24)22(29)30-14-16-9-11-27(26-16)17-5-3-2-4-6-17/h2-9,11,13,20H,10,12,14H2,1H3,(H,25,28). The number of hydrogen-bond donors (Lipinski definition) is 1. The van der Waals surface area contributed by atoms with Crippen molar-refractivity contribution in [2.24, 2.45) is 0 Å². The van der Waals surface area contributed by atoms with Gasteiger partial charge in [-0.25, -0.2) is 9.48 Å². The van der Waals surface area contributed by atoms with Crippen LogP contribution in [0.3, 0.4) is 0 Å². The summed E-state index contributed by atoms with van der Waals surface area (Å²) in [7, 11) is 0. The number of benzene rings is 2. The highest BCUT2D eigenvalue weighted by atomic mass is 35.5. The highest BCUT2D eigenvalue weighted by Gasteiger charge is 2.24. The number of rotatable bonds is 9. The third kappa shape index (κ3) is 6.50. The van der Waals surface area contributed by atoms with Crippen molar-refractivity contribution >= 4 is 46.8 Å². The number of halogens is 2. The molecule has 1 aromatic heterocycles. The molecule has 0 fully saturated rings. The SMILES string of the molecule is CSCCC(NC(=O)c1ccc(Cl)cc1Cl)C(=O)OCc1ccn(-c2ccccc2)n1. The van der Waals surface area contributed by atoms with E-state index in [0.29, 0.717) is 22.9 Å². The van der Waals surface area contributed by atoms with Crippen LogP contribution in [0.25, 0.3) is 5.69 Å². The van der Waals surface area contributed by atoms with Gasteiger partial charge >= 0.3 is 5.97 Å². The number of nitrogens with one attached hydrogen (secondary N) is 1. The number of para-hydroxylation sites is 1. The Hall–Kier alpha value is -2.48. The van der Waals surface area contributed by atoms with Crippen molar-refractivity contribution in [2.75, 3.05) is 12.0 Å².